The van der Waals surface area contributed by atoms with E-state index >= 15 is 0 Å². The molecular formula is C27H32O6. The van der Waals surface area contributed by atoms with Gasteiger partial charge in [0, 0.05) is 23.7 Å². The van der Waals surface area contributed by atoms with E-state index in [1.807, 2.05) is 0 Å². The van der Waals surface area contributed by atoms with E-state index in [0.717, 1.165) is 32.1 Å². The second-order valence-electron chi connectivity index (χ2n) is 11.9. The van der Waals surface area contributed by atoms with Gasteiger partial charge in [0.2, 0.25) is 0 Å². The van der Waals surface area contributed by atoms with Crippen molar-refractivity contribution in [2.45, 2.75) is 72.3 Å². The van der Waals surface area contributed by atoms with E-state index in [1.165, 1.54) is 12.5 Å². The first-order valence-corrected chi connectivity index (χ1v) is 12.4. The standard InChI is InChI=1S/C27H32O6/c1-14(28)17-5-6-18-24(17,3)9-8-19-25(4)10-7-16(32-15(2)29)13-26(25)11-12-27(18,19)21-20(26)22(30)33-23(21)31/h8,11-12,16-18,20-21H,5-7,9-10,13H2,1-4H3/t16-,17+,18+,20+,21-,24-,25-,26-,27+/m1/s1. The van der Waals surface area contributed by atoms with Gasteiger partial charge in [-0.1, -0.05) is 37.6 Å². The van der Waals surface area contributed by atoms with Gasteiger partial charge in [-0.2, -0.15) is 0 Å². The van der Waals surface area contributed by atoms with E-state index in [4.69, 9.17) is 9.47 Å². The molecule has 6 aliphatic carbocycles. The van der Waals surface area contributed by atoms with Crippen LogP contribution in [0.15, 0.2) is 23.8 Å². The van der Waals surface area contributed by atoms with Gasteiger partial charge in [0.25, 0.3) is 0 Å². The second kappa shape index (κ2) is 6.25. The molecule has 0 radical (unpaired) electrons. The highest BCUT2D eigenvalue weighted by Gasteiger charge is 2.79. The smallest absolute Gasteiger partial charge is 0.318 e. The lowest BCUT2D eigenvalue weighted by Crippen LogP contribution is -2.69. The number of ketones is 1. The molecule has 6 nitrogen and oxygen atoms in total. The third-order valence-corrected chi connectivity index (χ3v) is 10.9. The SMILES string of the molecule is CC(=O)O[C@@H]1CC[C@]2(C)C3=CC[C@]4(C)[C@H](C(C)=O)CC[C@@H]4[C@@]34C=C[C@@]2(C1)[C@@H]1C(=O)OC(=O)[C@@H]14. The molecule has 7 aliphatic rings. The number of cyclic esters (lactones) is 2. The summed E-state index contributed by atoms with van der Waals surface area (Å²) in [6.45, 7) is 7.55. The molecule has 1 saturated heterocycles. The van der Waals surface area contributed by atoms with Gasteiger partial charge in [0.1, 0.15) is 11.9 Å². The van der Waals surface area contributed by atoms with Crippen LogP contribution in [0.3, 0.4) is 0 Å². The maximum Gasteiger partial charge on any atom is 0.318 e. The molecule has 0 unspecified atom stereocenters. The van der Waals surface area contributed by atoms with Gasteiger partial charge in [0.15, 0.2) is 0 Å². The Kier molecular flexibility index (Phi) is 4.03. The molecule has 176 valence electrons. The largest absolute Gasteiger partial charge is 0.463 e. The first kappa shape index (κ1) is 21.3. The number of allylic oxidation sites excluding steroid dienone is 4. The predicted molar refractivity (Wildman–Crippen MR) is 117 cm³/mol. The topological polar surface area (TPSA) is 86.7 Å². The number of Topliss-reactive ketones (excluding diaryl/α,β-unsaturated/α-hetero) is 1. The highest BCUT2D eigenvalue weighted by Crippen LogP contribution is 2.80. The number of hydrogen-bond acceptors (Lipinski definition) is 6. The molecule has 0 aromatic rings. The van der Waals surface area contributed by atoms with Crippen LogP contribution in [-0.4, -0.2) is 29.8 Å². The number of carbonyl (C=O) groups excluding carboxylic acids is 4. The van der Waals surface area contributed by atoms with Crippen LogP contribution in [0.2, 0.25) is 0 Å². The van der Waals surface area contributed by atoms with Gasteiger partial charge in [0.05, 0.1) is 11.8 Å². The van der Waals surface area contributed by atoms with Crippen molar-refractivity contribution < 1.29 is 28.7 Å². The van der Waals surface area contributed by atoms with Gasteiger partial charge in [-0.15, -0.1) is 0 Å². The van der Waals surface area contributed by atoms with Crippen LogP contribution in [0.1, 0.15) is 66.2 Å². The van der Waals surface area contributed by atoms with Crippen LogP contribution in [0, 0.1) is 45.3 Å². The third-order valence-electron chi connectivity index (χ3n) is 10.9. The Bertz CT molecular complexity index is 1070. The fraction of sp³-hybridized carbons (Fsp3) is 0.704. The highest BCUT2D eigenvalue weighted by atomic mass is 16.6. The normalized spacial score (nSPS) is 51.2. The van der Waals surface area contributed by atoms with Crippen molar-refractivity contribution in [1.29, 1.82) is 0 Å². The lowest BCUT2D eigenvalue weighted by Gasteiger charge is -2.71. The quantitative estimate of drug-likeness (QED) is 0.358. The summed E-state index contributed by atoms with van der Waals surface area (Å²) in [7, 11) is 0. The van der Waals surface area contributed by atoms with Gasteiger partial charge in [-0.3, -0.25) is 19.2 Å². The van der Waals surface area contributed by atoms with Crippen molar-refractivity contribution in [3.63, 3.8) is 0 Å². The molecule has 2 bridgehead atoms. The lowest BCUT2D eigenvalue weighted by atomic mass is 9.31. The van der Waals surface area contributed by atoms with Crippen molar-refractivity contribution in [1.82, 2.24) is 0 Å². The van der Waals surface area contributed by atoms with Gasteiger partial charge in [-0.25, -0.2) is 0 Å². The van der Waals surface area contributed by atoms with Crippen LogP contribution in [-0.2, 0) is 28.7 Å². The van der Waals surface area contributed by atoms with Gasteiger partial charge >= 0.3 is 17.9 Å². The zero-order chi connectivity index (χ0) is 23.6. The zero-order valence-electron chi connectivity index (χ0n) is 19.8. The average Bonchev–Trinajstić information content (AvgIpc) is 3.25. The average molecular weight is 453 g/mol. The zero-order valence-corrected chi connectivity index (χ0v) is 19.8. The maximum atomic E-state index is 13.3. The molecule has 0 N–H and O–H groups in total. The Morgan fingerprint density at radius 2 is 1.76 bits per heavy atom. The molecule has 0 aromatic carbocycles. The molecule has 6 heteroatoms. The summed E-state index contributed by atoms with van der Waals surface area (Å²) in [5.41, 5.74) is -0.495. The molecule has 1 heterocycles. The number of ether oxygens (including phenoxy) is 2. The number of fused-ring (bicyclic) bond motifs is 1. The Morgan fingerprint density at radius 1 is 1.03 bits per heavy atom. The molecule has 0 aromatic heterocycles. The fourth-order valence-electron chi connectivity index (χ4n) is 9.75. The molecule has 1 aliphatic heterocycles. The summed E-state index contributed by atoms with van der Waals surface area (Å²) in [6.07, 6.45) is 11.0. The van der Waals surface area contributed by atoms with Crippen LogP contribution in [0.4, 0.5) is 0 Å². The summed E-state index contributed by atoms with van der Waals surface area (Å²) in [6, 6.07) is 0. The molecule has 33 heavy (non-hydrogen) atoms. The minimum absolute atomic E-state index is 0.0317. The van der Waals surface area contributed by atoms with Crippen LogP contribution < -0.4 is 0 Å². The van der Waals surface area contributed by atoms with Crippen molar-refractivity contribution in [3.05, 3.63) is 23.8 Å². The van der Waals surface area contributed by atoms with Crippen LogP contribution >= 0.6 is 0 Å². The van der Waals surface area contributed by atoms with Crippen molar-refractivity contribution in [2.24, 2.45) is 45.3 Å². The van der Waals surface area contributed by atoms with E-state index in [9.17, 15) is 19.2 Å². The summed E-state index contributed by atoms with van der Waals surface area (Å²) in [5.74, 6) is -2.02. The van der Waals surface area contributed by atoms with E-state index in [2.05, 4.69) is 32.1 Å². The van der Waals surface area contributed by atoms with E-state index in [0.29, 0.717) is 6.42 Å². The number of esters is 3. The molecule has 7 rings (SSSR count). The Morgan fingerprint density at radius 3 is 2.45 bits per heavy atom. The first-order valence-electron chi connectivity index (χ1n) is 12.4. The monoisotopic (exact) mass is 452 g/mol. The first-order chi connectivity index (χ1) is 15.5. The van der Waals surface area contributed by atoms with E-state index in [-0.39, 0.29) is 40.5 Å². The van der Waals surface area contributed by atoms with Gasteiger partial charge in [-0.05, 0) is 62.2 Å². The predicted octanol–water partition coefficient (Wildman–Crippen LogP) is 3.93. The maximum absolute atomic E-state index is 13.3. The van der Waals surface area contributed by atoms with E-state index in [1.54, 1.807) is 6.92 Å². The summed E-state index contributed by atoms with van der Waals surface area (Å²) in [4.78, 5) is 51.0. The molecular weight excluding hydrogens is 420 g/mol. The van der Waals surface area contributed by atoms with Gasteiger partial charge < -0.3 is 9.47 Å². The van der Waals surface area contributed by atoms with Crippen LogP contribution in [0.5, 0.6) is 0 Å². The Balaban J connectivity index is 1.58. The van der Waals surface area contributed by atoms with Crippen LogP contribution in [0.25, 0.3) is 0 Å². The molecule has 2 spiro atoms. The molecule has 9 atom stereocenters. The summed E-state index contributed by atoms with van der Waals surface area (Å²) in [5, 5.41) is 0. The van der Waals surface area contributed by atoms with Crippen molar-refractivity contribution in [2.75, 3.05) is 0 Å². The molecule has 0 amide bonds. The van der Waals surface area contributed by atoms with E-state index < -0.39 is 34.6 Å². The number of carbonyl (C=O) groups is 4. The number of hydrogen-bond donors (Lipinski definition) is 0. The minimum atomic E-state index is -0.612. The van der Waals surface area contributed by atoms with Crippen molar-refractivity contribution >= 4 is 23.7 Å². The number of rotatable bonds is 2. The highest BCUT2D eigenvalue weighted by molar-refractivity contribution is 5.99. The summed E-state index contributed by atoms with van der Waals surface area (Å²) < 4.78 is 11.0. The van der Waals surface area contributed by atoms with Crippen molar-refractivity contribution in [3.8, 4) is 0 Å². The Labute approximate surface area is 194 Å². The minimum Gasteiger partial charge on any atom is -0.463 e. The molecule has 3 saturated carbocycles. The lowest BCUT2D eigenvalue weighted by molar-refractivity contribution is -0.175. The third kappa shape index (κ3) is 2.21. The summed E-state index contributed by atoms with van der Waals surface area (Å²) >= 11 is 0. The second-order valence-corrected chi connectivity index (χ2v) is 11.9. The fourth-order valence-corrected chi connectivity index (χ4v) is 9.75. The molecule has 4 fully saturated rings. The Hall–Kier alpha value is -2.24.